The van der Waals surface area contributed by atoms with Gasteiger partial charge in [-0.1, -0.05) is 6.92 Å². The van der Waals surface area contributed by atoms with Crippen molar-refractivity contribution in [3.8, 4) is 0 Å². The highest BCUT2D eigenvalue weighted by atomic mass is 19.3. The van der Waals surface area contributed by atoms with Crippen LogP contribution in [-0.2, 0) is 11.3 Å². The molecule has 1 aromatic rings. The maximum Gasteiger partial charge on any atom is 0.319 e. The fourth-order valence-electron chi connectivity index (χ4n) is 1.69. The molecule has 0 saturated heterocycles. The van der Waals surface area contributed by atoms with Gasteiger partial charge in [0.05, 0.1) is 13.1 Å². The van der Waals surface area contributed by atoms with Gasteiger partial charge < -0.3 is 5.32 Å². The molecule has 1 heterocycles. The molecule has 0 bridgehead atoms. The molecule has 0 fully saturated rings. The summed E-state index contributed by atoms with van der Waals surface area (Å²) in [5, 5.41) is 2.90. The van der Waals surface area contributed by atoms with Gasteiger partial charge in [0.2, 0.25) is 5.91 Å². The molecule has 1 N–H and O–H groups in total. The first-order valence-electron chi connectivity index (χ1n) is 6.54. The summed E-state index contributed by atoms with van der Waals surface area (Å²) >= 11 is 0. The fraction of sp³-hybridized carbons (Fsp3) is 0.692. The van der Waals surface area contributed by atoms with Crippen LogP contribution in [0.1, 0.15) is 39.6 Å². The van der Waals surface area contributed by atoms with E-state index in [1.807, 2.05) is 20.8 Å². The molecule has 0 aliphatic heterocycles. The molecule has 0 spiro atoms. The molecule has 0 unspecified atom stereocenters. The predicted octanol–water partition coefficient (Wildman–Crippen LogP) is 2.01. The Bertz CT molecular complexity index is 445. The SMILES string of the molecule is CCC(C)(C)NC(=O)CN(C)Cc1nccn1C(F)F. The zero-order valence-corrected chi connectivity index (χ0v) is 12.4. The smallest absolute Gasteiger partial charge is 0.319 e. The second kappa shape index (κ2) is 6.78. The van der Waals surface area contributed by atoms with E-state index in [4.69, 9.17) is 0 Å². The molecule has 1 aromatic heterocycles. The Morgan fingerprint density at radius 1 is 1.55 bits per heavy atom. The number of alkyl halides is 2. The summed E-state index contributed by atoms with van der Waals surface area (Å²) in [7, 11) is 1.70. The van der Waals surface area contributed by atoms with Gasteiger partial charge in [0.15, 0.2) is 0 Å². The molecule has 7 heteroatoms. The van der Waals surface area contributed by atoms with E-state index in [2.05, 4.69) is 10.3 Å². The van der Waals surface area contributed by atoms with Crippen molar-refractivity contribution in [2.45, 2.75) is 45.8 Å². The summed E-state index contributed by atoms with van der Waals surface area (Å²) < 4.78 is 26.1. The topological polar surface area (TPSA) is 50.2 Å². The second-order valence-corrected chi connectivity index (χ2v) is 5.49. The first-order chi connectivity index (χ1) is 9.25. The molecule has 0 aliphatic rings. The number of imidazole rings is 1. The molecule has 0 aliphatic carbocycles. The Morgan fingerprint density at radius 2 is 2.20 bits per heavy atom. The Kier molecular flexibility index (Phi) is 5.62. The van der Waals surface area contributed by atoms with Crippen LogP contribution in [0.25, 0.3) is 0 Å². The number of hydrogen-bond acceptors (Lipinski definition) is 3. The quantitative estimate of drug-likeness (QED) is 0.835. The number of aromatic nitrogens is 2. The molecule has 0 saturated carbocycles. The van der Waals surface area contributed by atoms with E-state index < -0.39 is 6.55 Å². The molecule has 0 atom stereocenters. The Hall–Kier alpha value is -1.50. The molecule has 0 radical (unpaired) electrons. The Morgan fingerprint density at radius 3 is 2.75 bits per heavy atom. The summed E-state index contributed by atoms with van der Waals surface area (Å²) in [6.07, 6.45) is 3.38. The number of nitrogens with zero attached hydrogens (tertiary/aromatic N) is 3. The highest BCUT2D eigenvalue weighted by Gasteiger charge is 2.19. The molecule has 5 nitrogen and oxygen atoms in total. The van der Waals surface area contributed by atoms with Gasteiger partial charge in [-0.05, 0) is 27.3 Å². The minimum Gasteiger partial charge on any atom is -0.350 e. The number of likely N-dealkylation sites (N-methyl/N-ethyl adjacent to an activating group) is 1. The number of carbonyl (C=O) groups excluding carboxylic acids is 1. The molecule has 1 rings (SSSR count). The van der Waals surface area contributed by atoms with E-state index in [0.717, 1.165) is 11.0 Å². The zero-order chi connectivity index (χ0) is 15.3. The normalized spacial score (nSPS) is 12.2. The van der Waals surface area contributed by atoms with Crippen molar-refractivity contribution >= 4 is 5.91 Å². The minimum atomic E-state index is -2.62. The number of rotatable bonds is 7. The lowest BCUT2D eigenvalue weighted by Gasteiger charge is -2.26. The maximum absolute atomic E-state index is 12.7. The Balaban J connectivity index is 2.53. The van der Waals surface area contributed by atoms with Crippen molar-refractivity contribution in [1.82, 2.24) is 19.8 Å². The van der Waals surface area contributed by atoms with E-state index in [1.165, 1.54) is 12.4 Å². The van der Waals surface area contributed by atoms with E-state index >= 15 is 0 Å². The van der Waals surface area contributed by atoms with Gasteiger partial charge in [-0.15, -0.1) is 0 Å². The zero-order valence-electron chi connectivity index (χ0n) is 12.4. The summed E-state index contributed by atoms with van der Waals surface area (Å²) in [5.74, 6) is 0.111. The van der Waals surface area contributed by atoms with Crippen LogP contribution in [0.3, 0.4) is 0 Å². The minimum absolute atomic E-state index is 0.130. The van der Waals surface area contributed by atoms with Crippen LogP contribution in [0.2, 0.25) is 0 Å². The van der Waals surface area contributed by atoms with E-state index in [-0.39, 0.29) is 30.4 Å². The third kappa shape index (κ3) is 4.88. The van der Waals surface area contributed by atoms with Gasteiger partial charge >= 0.3 is 6.55 Å². The van der Waals surface area contributed by atoms with Crippen molar-refractivity contribution in [3.05, 3.63) is 18.2 Å². The van der Waals surface area contributed by atoms with Crippen molar-refractivity contribution in [3.63, 3.8) is 0 Å². The van der Waals surface area contributed by atoms with Crippen LogP contribution in [0.5, 0.6) is 0 Å². The summed E-state index contributed by atoms with van der Waals surface area (Å²) in [6, 6.07) is 0. The molecular weight excluding hydrogens is 266 g/mol. The van der Waals surface area contributed by atoms with E-state index in [0.29, 0.717) is 0 Å². The van der Waals surface area contributed by atoms with Gasteiger partial charge in [-0.3, -0.25) is 14.3 Å². The number of hydrogen-bond donors (Lipinski definition) is 1. The molecule has 114 valence electrons. The third-order valence-electron chi connectivity index (χ3n) is 3.15. The lowest BCUT2D eigenvalue weighted by molar-refractivity contribution is -0.123. The predicted molar refractivity (Wildman–Crippen MR) is 72.3 cm³/mol. The Labute approximate surface area is 118 Å². The average Bonchev–Trinajstić information content (AvgIpc) is 2.75. The van der Waals surface area contributed by atoms with Gasteiger partial charge in [0.25, 0.3) is 0 Å². The van der Waals surface area contributed by atoms with Gasteiger partial charge in [-0.25, -0.2) is 4.98 Å². The first-order valence-corrected chi connectivity index (χ1v) is 6.54. The number of halogens is 2. The monoisotopic (exact) mass is 288 g/mol. The maximum atomic E-state index is 12.7. The van der Waals surface area contributed by atoms with Gasteiger partial charge in [0.1, 0.15) is 5.82 Å². The molecule has 20 heavy (non-hydrogen) atoms. The van der Waals surface area contributed by atoms with Crippen LogP contribution < -0.4 is 5.32 Å². The molecule has 0 aromatic carbocycles. The average molecular weight is 288 g/mol. The van der Waals surface area contributed by atoms with Crippen molar-refractivity contribution in [2.24, 2.45) is 0 Å². The third-order valence-corrected chi connectivity index (χ3v) is 3.15. The number of amides is 1. The number of nitrogens with one attached hydrogen (secondary N) is 1. The lowest BCUT2D eigenvalue weighted by Crippen LogP contribution is -2.46. The van der Waals surface area contributed by atoms with Crippen LogP contribution in [-0.4, -0.2) is 39.5 Å². The van der Waals surface area contributed by atoms with E-state index in [1.54, 1.807) is 11.9 Å². The second-order valence-electron chi connectivity index (χ2n) is 5.49. The summed E-state index contributed by atoms with van der Waals surface area (Å²) in [6.45, 7) is 3.58. The first kappa shape index (κ1) is 16.6. The van der Waals surface area contributed by atoms with Crippen molar-refractivity contribution < 1.29 is 13.6 Å². The van der Waals surface area contributed by atoms with Crippen molar-refractivity contribution in [1.29, 1.82) is 0 Å². The standard InChI is InChI=1S/C13H22F2N4O/c1-5-13(2,3)17-11(20)9-18(4)8-10-16-6-7-19(10)12(14)15/h6-7,12H,5,8-9H2,1-4H3,(H,17,20). The van der Waals surface area contributed by atoms with E-state index in [9.17, 15) is 13.6 Å². The van der Waals surface area contributed by atoms with Gasteiger partial charge in [0, 0.05) is 17.9 Å². The highest BCUT2D eigenvalue weighted by Crippen LogP contribution is 2.13. The number of carbonyl (C=O) groups is 1. The van der Waals surface area contributed by atoms with Gasteiger partial charge in [-0.2, -0.15) is 8.78 Å². The molecular formula is C13H22F2N4O. The summed E-state index contributed by atoms with van der Waals surface area (Å²) in [5.41, 5.74) is -0.265. The lowest BCUT2D eigenvalue weighted by atomic mass is 10.0. The van der Waals surface area contributed by atoms with Crippen LogP contribution in [0.4, 0.5) is 8.78 Å². The van der Waals surface area contributed by atoms with Crippen LogP contribution in [0, 0.1) is 0 Å². The van der Waals surface area contributed by atoms with Crippen LogP contribution >= 0.6 is 0 Å². The summed E-state index contributed by atoms with van der Waals surface area (Å²) in [4.78, 5) is 17.4. The van der Waals surface area contributed by atoms with Crippen molar-refractivity contribution in [2.75, 3.05) is 13.6 Å². The fourth-order valence-corrected chi connectivity index (χ4v) is 1.69. The molecule has 1 amide bonds. The van der Waals surface area contributed by atoms with Crippen LogP contribution in [0.15, 0.2) is 12.4 Å². The largest absolute Gasteiger partial charge is 0.350 e. The highest BCUT2D eigenvalue weighted by molar-refractivity contribution is 5.78.